The quantitative estimate of drug-likeness (QED) is 0.827. The zero-order valence-electron chi connectivity index (χ0n) is 11.0. The molecule has 0 amide bonds. The molecule has 0 spiro atoms. The lowest BCUT2D eigenvalue weighted by molar-refractivity contribution is 0.456. The number of aryl methyl sites for hydroxylation is 1. The molecule has 0 fully saturated rings. The highest BCUT2D eigenvalue weighted by molar-refractivity contribution is 5.46. The first-order valence-electron chi connectivity index (χ1n) is 6.84. The van der Waals surface area contributed by atoms with E-state index in [2.05, 4.69) is 28.5 Å². The number of nitrogens with one attached hydrogen (secondary N) is 1. The van der Waals surface area contributed by atoms with Crippen LogP contribution in [-0.4, -0.2) is 4.98 Å². The van der Waals surface area contributed by atoms with Gasteiger partial charge in [0.15, 0.2) is 0 Å². The molecule has 0 saturated carbocycles. The van der Waals surface area contributed by atoms with E-state index in [4.69, 9.17) is 5.73 Å². The molecule has 98 valence electrons. The van der Waals surface area contributed by atoms with E-state index in [0.717, 1.165) is 24.3 Å². The molecule has 1 aliphatic carbocycles. The van der Waals surface area contributed by atoms with Crippen LogP contribution in [0.5, 0.6) is 0 Å². The van der Waals surface area contributed by atoms with E-state index in [1.165, 1.54) is 24.0 Å². The van der Waals surface area contributed by atoms with Gasteiger partial charge in [0.1, 0.15) is 0 Å². The first kappa shape index (κ1) is 12.2. The van der Waals surface area contributed by atoms with E-state index < -0.39 is 0 Å². The van der Waals surface area contributed by atoms with E-state index in [9.17, 15) is 0 Å². The van der Waals surface area contributed by atoms with Gasteiger partial charge in [-0.3, -0.25) is 4.98 Å². The van der Waals surface area contributed by atoms with Crippen molar-refractivity contribution in [2.75, 3.05) is 5.73 Å². The average molecular weight is 253 g/mol. The number of nitrogens with two attached hydrogens (primary N) is 1. The minimum absolute atomic E-state index is 0.397. The maximum Gasteiger partial charge on any atom is 0.0541 e. The number of aromatic nitrogens is 1. The topological polar surface area (TPSA) is 50.9 Å². The van der Waals surface area contributed by atoms with Crippen molar-refractivity contribution >= 4 is 5.69 Å². The third kappa shape index (κ3) is 2.76. The first-order chi connectivity index (χ1) is 9.33. The molecule has 1 atom stereocenters. The summed E-state index contributed by atoms with van der Waals surface area (Å²) in [5.41, 5.74) is 10.6. The van der Waals surface area contributed by atoms with Gasteiger partial charge in [-0.2, -0.15) is 0 Å². The van der Waals surface area contributed by atoms with Crippen LogP contribution in [0.1, 0.15) is 35.7 Å². The summed E-state index contributed by atoms with van der Waals surface area (Å²) in [6.45, 7) is 0.805. The van der Waals surface area contributed by atoms with E-state index in [0.29, 0.717) is 6.04 Å². The molecule has 3 N–H and O–H groups in total. The normalized spacial score (nSPS) is 18.0. The van der Waals surface area contributed by atoms with Gasteiger partial charge in [0, 0.05) is 24.5 Å². The van der Waals surface area contributed by atoms with Crippen LogP contribution in [0.2, 0.25) is 0 Å². The Kier molecular flexibility index (Phi) is 3.47. The number of nitrogens with zero attached hydrogens (tertiary/aromatic N) is 1. The maximum atomic E-state index is 5.91. The Morgan fingerprint density at radius 2 is 2.21 bits per heavy atom. The average Bonchev–Trinajstić information content (AvgIpc) is 2.46. The molecule has 1 aromatic carbocycles. The van der Waals surface area contributed by atoms with Crippen LogP contribution >= 0.6 is 0 Å². The lowest BCUT2D eigenvalue weighted by Gasteiger charge is -2.26. The number of pyridine rings is 1. The van der Waals surface area contributed by atoms with E-state index in [1.54, 1.807) is 0 Å². The molecule has 0 radical (unpaired) electrons. The number of hydrogen-bond acceptors (Lipinski definition) is 3. The second-order valence-corrected chi connectivity index (χ2v) is 5.11. The number of anilines is 1. The van der Waals surface area contributed by atoms with Crippen molar-refractivity contribution < 1.29 is 0 Å². The third-order valence-electron chi connectivity index (χ3n) is 3.74. The summed E-state index contributed by atoms with van der Waals surface area (Å²) in [5, 5.41) is 3.60. The minimum Gasteiger partial charge on any atom is -0.399 e. The Morgan fingerprint density at radius 3 is 3.05 bits per heavy atom. The largest absolute Gasteiger partial charge is 0.399 e. The highest BCUT2D eigenvalue weighted by Crippen LogP contribution is 2.31. The fourth-order valence-corrected chi connectivity index (χ4v) is 2.76. The Labute approximate surface area is 113 Å². The number of fused-ring (bicyclic) bond motifs is 1. The van der Waals surface area contributed by atoms with Gasteiger partial charge in [0.2, 0.25) is 0 Å². The fourth-order valence-electron chi connectivity index (χ4n) is 2.76. The van der Waals surface area contributed by atoms with Gasteiger partial charge in [-0.05, 0) is 54.7 Å². The molecule has 3 rings (SSSR count). The molecular formula is C16H19N3. The fraction of sp³-hybridized carbons (Fsp3) is 0.312. The Balaban J connectivity index is 1.75. The zero-order chi connectivity index (χ0) is 13.1. The summed E-state index contributed by atoms with van der Waals surface area (Å²) in [4.78, 5) is 4.35. The molecule has 3 heteroatoms. The van der Waals surface area contributed by atoms with Gasteiger partial charge in [0.25, 0.3) is 0 Å². The lowest BCUT2D eigenvalue weighted by atomic mass is 9.87. The summed E-state index contributed by atoms with van der Waals surface area (Å²) >= 11 is 0. The smallest absolute Gasteiger partial charge is 0.0541 e. The van der Waals surface area contributed by atoms with Gasteiger partial charge in [-0.25, -0.2) is 0 Å². The predicted molar refractivity (Wildman–Crippen MR) is 77.6 cm³/mol. The molecule has 0 aliphatic heterocycles. The van der Waals surface area contributed by atoms with Crippen molar-refractivity contribution in [1.29, 1.82) is 0 Å². The monoisotopic (exact) mass is 253 g/mol. The highest BCUT2D eigenvalue weighted by atomic mass is 14.9. The van der Waals surface area contributed by atoms with Gasteiger partial charge in [0.05, 0.1) is 5.69 Å². The molecule has 2 aromatic rings. The molecular weight excluding hydrogens is 234 g/mol. The summed E-state index contributed by atoms with van der Waals surface area (Å²) in [5.74, 6) is 0. The van der Waals surface area contributed by atoms with Crippen LogP contribution in [0.3, 0.4) is 0 Å². The summed E-state index contributed by atoms with van der Waals surface area (Å²) in [6.07, 6.45) is 5.40. The molecule has 3 nitrogen and oxygen atoms in total. The van der Waals surface area contributed by atoms with Crippen molar-refractivity contribution in [3.8, 4) is 0 Å². The van der Waals surface area contributed by atoms with Crippen LogP contribution in [0, 0.1) is 0 Å². The molecule has 1 unspecified atom stereocenters. The minimum atomic E-state index is 0.397. The van der Waals surface area contributed by atoms with Crippen molar-refractivity contribution in [1.82, 2.24) is 10.3 Å². The van der Waals surface area contributed by atoms with Crippen LogP contribution in [0.25, 0.3) is 0 Å². The number of rotatable bonds is 3. The van der Waals surface area contributed by atoms with Gasteiger partial charge in [-0.15, -0.1) is 0 Å². The lowest BCUT2D eigenvalue weighted by Crippen LogP contribution is -2.25. The van der Waals surface area contributed by atoms with Gasteiger partial charge < -0.3 is 11.1 Å². The Bertz CT molecular complexity index is 551. The van der Waals surface area contributed by atoms with Gasteiger partial charge in [-0.1, -0.05) is 12.1 Å². The molecule has 0 bridgehead atoms. The molecule has 19 heavy (non-hydrogen) atoms. The van der Waals surface area contributed by atoms with Gasteiger partial charge >= 0.3 is 0 Å². The third-order valence-corrected chi connectivity index (χ3v) is 3.74. The van der Waals surface area contributed by atoms with Crippen LogP contribution < -0.4 is 11.1 Å². The molecule has 0 saturated heterocycles. The zero-order valence-corrected chi connectivity index (χ0v) is 11.0. The number of hydrogen-bond donors (Lipinski definition) is 2. The first-order valence-corrected chi connectivity index (χ1v) is 6.84. The van der Waals surface area contributed by atoms with Crippen LogP contribution in [0.15, 0.2) is 42.6 Å². The van der Waals surface area contributed by atoms with E-state index >= 15 is 0 Å². The standard InChI is InChI=1S/C16H19N3/c17-13-8-7-12-4-3-6-16(15(12)10-13)19-11-14-5-1-2-9-18-14/h1-2,5,7-10,16,19H,3-4,6,11,17H2. The predicted octanol–water partition coefficient (Wildman–Crippen LogP) is 2.83. The van der Waals surface area contributed by atoms with Crippen molar-refractivity contribution in [2.24, 2.45) is 0 Å². The molecule has 1 aliphatic rings. The molecule has 1 heterocycles. The Morgan fingerprint density at radius 1 is 1.26 bits per heavy atom. The Hall–Kier alpha value is -1.87. The number of nitrogen functional groups attached to an aromatic ring is 1. The summed E-state index contributed by atoms with van der Waals surface area (Å²) in [7, 11) is 0. The molecule has 1 aromatic heterocycles. The number of benzene rings is 1. The second kappa shape index (κ2) is 5.41. The highest BCUT2D eigenvalue weighted by Gasteiger charge is 2.19. The second-order valence-electron chi connectivity index (χ2n) is 5.11. The van der Waals surface area contributed by atoms with E-state index in [-0.39, 0.29) is 0 Å². The maximum absolute atomic E-state index is 5.91. The van der Waals surface area contributed by atoms with E-state index in [1.807, 2.05) is 24.4 Å². The summed E-state index contributed by atoms with van der Waals surface area (Å²) < 4.78 is 0. The van der Waals surface area contributed by atoms with Crippen LogP contribution in [0.4, 0.5) is 5.69 Å². The summed E-state index contributed by atoms with van der Waals surface area (Å²) in [6, 6.07) is 12.7. The van der Waals surface area contributed by atoms with Crippen molar-refractivity contribution in [2.45, 2.75) is 31.8 Å². The SMILES string of the molecule is Nc1ccc2c(c1)C(NCc1ccccn1)CCC2. The van der Waals surface area contributed by atoms with Crippen molar-refractivity contribution in [3.05, 3.63) is 59.4 Å². The van der Waals surface area contributed by atoms with Crippen molar-refractivity contribution in [3.63, 3.8) is 0 Å². The van der Waals surface area contributed by atoms with Crippen LogP contribution in [-0.2, 0) is 13.0 Å².